The SMILES string of the molecule is Cc1ccc(OCC(=O)O[C@@H](C)C(=O)N2CCc3ccccc32)cc1C. The van der Waals surface area contributed by atoms with E-state index < -0.39 is 12.1 Å². The van der Waals surface area contributed by atoms with Gasteiger partial charge in [-0.15, -0.1) is 0 Å². The second-order valence-corrected chi connectivity index (χ2v) is 6.54. The van der Waals surface area contributed by atoms with Crippen LogP contribution in [0.2, 0.25) is 0 Å². The summed E-state index contributed by atoms with van der Waals surface area (Å²) in [5.41, 5.74) is 4.28. The van der Waals surface area contributed by atoms with Crippen LogP contribution in [-0.4, -0.2) is 31.1 Å². The van der Waals surface area contributed by atoms with Crippen molar-refractivity contribution in [1.29, 1.82) is 0 Å². The van der Waals surface area contributed by atoms with Gasteiger partial charge in [-0.05, 0) is 62.1 Å². The smallest absolute Gasteiger partial charge is 0.344 e. The first-order chi connectivity index (χ1) is 12.5. The van der Waals surface area contributed by atoms with Gasteiger partial charge in [0, 0.05) is 12.2 Å². The number of nitrogens with zero attached hydrogens (tertiary/aromatic N) is 1. The van der Waals surface area contributed by atoms with Crippen LogP contribution in [0.1, 0.15) is 23.6 Å². The zero-order valence-electron chi connectivity index (χ0n) is 15.3. The molecule has 0 aliphatic carbocycles. The average molecular weight is 353 g/mol. The van der Waals surface area contributed by atoms with Crippen LogP contribution < -0.4 is 9.64 Å². The number of esters is 1. The molecule has 0 N–H and O–H groups in total. The number of hydrogen-bond acceptors (Lipinski definition) is 4. The number of rotatable bonds is 5. The van der Waals surface area contributed by atoms with E-state index in [4.69, 9.17) is 9.47 Å². The van der Waals surface area contributed by atoms with Crippen molar-refractivity contribution in [2.45, 2.75) is 33.3 Å². The molecule has 0 radical (unpaired) electrons. The lowest BCUT2D eigenvalue weighted by molar-refractivity contribution is -0.155. The normalized spacial score (nSPS) is 13.9. The van der Waals surface area contributed by atoms with E-state index in [2.05, 4.69) is 0 Å². The predicted molar refractivity (Wildman–Crippen MR) is 99.5 cm³/mol. The lowest BCUT2D eigenvalue weighted by Crippen LogP contribution is -2.39. The van der Waals surface area contributed by atoms with Crippen molar-refractivity contribution in [3.8, 4) is 5.75 Å². The minimum atomic E-state index is -0.850. The molecule has 3 rings (SSSR count). The minimum Gasteiger partial charge on any atom is -0.482 e. The van der Waals surface area contributed by atoms with Crippen molar-refractivity contribution in [1.82, 2.24) is 0 Å². The number of anilines is 1. The summed E-state index contributed by atoms with van der Waals surface area (Å²) in [5.74, 6) is -0.163. The standard InChI is InChI=1S/C21H23NO4/c1-14-8-9-18(12-15(14)2)25-13-20(23)26-16(3)21(24)22-11-10-17-6-4-5-7-19(17)22/h4-9,12,16H,10-11,13H2,1-3H3/t16-/m0/s1. The lowest BCUT2D eigenvalue weighted by Gasteiger charge is -2.21. The van der Waals surface area contributed by atoms with Crippen molar-refractivity contribution in [3.63, 3.8) is 0 Å². The molecule has 5 heteroatoms. The van der Waals surface area contributed by atoms with Crippen LogP contribution in [0.5, 0.6) is 5.75 Å². The Morgan fingerprint density at radius 3 is 2.65 bits per heavy atom. The first-order valence-electron chi connectivity index (χ1n) is 8.74. The van der Waals surface area contributed by atoms with E-state index in [0.29, 0.717) is 12.3 Å². The molecular weight excluding hydrogens is 330 g/mol. The van der Waals surface area contributed by atoms with Gasteiger partial charge in [-0.2, -0.15) is 0 Å². The van der Waals surface area contributed by atoms with E-state index in [-0.39, 0.29) is 12.5 Å². The largest absolute Gasteiger partial charge is 0.482 e. The fourth-order valence-corrected chi connectivity index (χ4v) is 3.01. The Balaban J connectivity index is 1.54. The molecule has 0 spiro atoms. The molecule has 0 saturated carbocycles. The van der Waals surface area contributed by atoms with Crippen LogP contribution in [0.15, 0.2) is 42.5 Å². The van der Waals surface area contributed by atoms with E-state index in [1.807, 2.05) is 56.3 Å². The van der Waals surface area contributed by atoms with Gasteiger partial charge in [0.2, 0.25) is 0 Å². The molecule has 0 fully saturated rings. The van der Waals surface area contributed by atoms with Gasteiger partial charge >= 0.3 is 5.97 Å². The molecule has 0 unspecified atom stereocenters. The van der Waals surface area contributed by atoms with Crippen molar-refractivity contribution >= 4 is 17.6 Å². The van der Waals surface area contributed by atoms with E-state index >= 15 is 0 Å². The second kappa shape index (κ2) is 7.60. The summed E-state index contributed by atoms with van der Waals surface area (Å²) in [4.78, 5) is 26.3. The third-order valence-corrected chi connectivity index (χ3v) is 4.64. The van der Waals surface area contributed by atoms with E-state index in [0.717, 1.165) is 28.8 Å². The first-order valence-corrected chi connectivity index (χ1v) is 8.74. The third kappa shape index (κ3) is 3.87. The van der Waals surface area contributed by atoms with Gasteiger partial charge in [0.05, 0.1) is 0 Å². The maximum absolute atomic E-state index is 12.6. The predicted octanol–water partition coefficient (Wildman–Crippen LogP) is 3.20. The Kier molecular flexibility index (Phi) is 5.26. The van der Waals surface area contributed by atoms with Crippen LogP contribution in [0, 0.1) is 13.8 Å². The Morgan fingerprint density at radius 1 is 1.12 bits per heavy atom. The third-order valence-electron chi connectivity index (χ3n) is 4.64. The molecule has 0 saturated heterocycles. The minimum absolute atomic E-state index is 0.213. The fourth-order valence-electron chi connectivity index (χ4n) is 3.01. The van der Waals surface area contributed by atoms with Gasteiger partial charge in [-0.3, -0.25) is 4.79 Å². The van der Waals surface area contributed by atoms with Gasteiger partial charge in [-0.1, -0.05) is 24.3 Å². The number of amides is 1. The van der Waals surface area contributed by atoms with Crippen molar-refractivity contribution < 1.29 is 19.1 Å². The highest BCUT2D eigenvalue weighted by Crippen LogP contribution is 2.28. The molecule has 136 valence electrons. The fraction of sp³-hybridized carbons (Fsp3) is 0.333. The highest BCUT2D eigenvalue weighted by molar-refractivity contribution is 5.99. The number of carbonyl (C=O) groups excluding carboxylic acids is 2. The zero-order valence-corrected chi connectivity index (χ0v) is 15.3. The van der Waals surface area contributed by atoms with E-state index in [9.17, 15) is 9.59 Å². The van der Waals surface area contributed by atoms with Crippen molar-refractivity contribution in [2.24, 2.45) is 0 Å². The summed E-state index contributed by atoms with van der Waals surface area (Å²) in [6, 6.07) is 13.4. The summed E-state index contributed by atoms with van der Waals surface area (Å²) in [7, 11) is 0. The highest BCUT2D eigenvalue weighted by atomic mass is 16.6. The van der Waals surface area contributed by atoms with Crippen molar-refractivity contribution in [3.05, 3.63) is 59.2 Å². The number of fused-ring (bicyclic) bond motifs is 1. The Morgan fingerprint density at radius 2 is 1.88 bits per heavy atom. The van der Waals surface area contributed by atoms with Gasteiger partial charge in [0.1, 0.15) is 5.75 Å². The number of hydrogen-bond donors (Lipinski definition) is 0. The number of para-hydroxylation sites is 1. The maximum Gasteiger partial charge on any atom is 0.344 e. The van der Waals surface area contributed by atoms with Gasteiger partial charge < -0.3 is 14.4 Å². The topological polar surface area (TPSA) is 55.8 Å². The Bertz CT molecular complexity index is 831. The van der Waals surface area contributed by atoms with Crippen LogP contribution in [0.4, 0.5) is 5.69 Å². The number of ether oxygens (including phenoxy) is 2. The molecule has 1 amide bonds. The molecule has 2 aromatic rings. The molecule has 1 aliphatic heterocycles. The summed E-state index contributed by atoms with van der Waals surface area (Å²) in [6.45, 7) is 5.97. The van der Waals surface area contributed by atoms with E-state index in [1.54, 1.807) is 11.8 Å². The molecule has 1 atom stereocenters. The van der Waals surface area contributed by atoms with Crippen LogP contribution in [0.3, 0.4) is 0 Å². The monoisotopic (exact) mass is 353 g/mol. The highest BCUT2D eigenvalue weighted by Gasteiger charge is 2.29. The summed E-state index contributed by atoms with van der Waals surface area (Å²) < 4.78 is 10.7. The Labute approximate surface area is 153 Å². The zero-order chi connectivity index (χ0) is 18.7. The molecule has 0 bridgehead atoms. The molecule has 1 heterocycles. The molecule has 5 nitrogen and oxygen atoms in total. The Hall–Kier alpha value is -2.82. The van der Waals surface area contributed by atoms with Crippen LogP contribution in [-0.2, 0) is 20.7 Å². The maximum atomic E-state index is 12.6. The molecular formula is C21H23NO4. The lowest BCUT2D eigenvalue weighted by atomic mass is 10.1. The van der Waals surface area contributed by atoms with Gasteiger partial charge in [0.15, 0.2) is 12.7 Å². The number of benzene rings is 2. The first kappa shape index (κ1) is 18.0. The van der Waals surface area contributed by atoms with E-state index in [1.165, 1.54) is 0 Å². The molecule has 26 heavy (non-hydrogen) atoms. The summed E-state index contributed by atoms with van der Waals surface area (Å²) in [5, 5.41) is 0. The van der Waals surface area contributed by atoms with Gasteiger partial charge in [-0.25, -0.2) is 4.79 Å². The molecule has 2 aromatic carbocycles. The molecule has 1 aliphatic rings. The molecule has 0 aromatic heterocycles. The number of aryl methyl sites for hydroxylation is 2. The van der Waals surface area contributed by atoms with Crippen LogP contribution >= 0.6 is 0 Å². The summed E-state index contributed by atoms with van der Waals surface area (Å²) >= 11 is 0. The van der Waals surface area contributed by atoms with Crippen molar-refractivity contribution in [2.75, 3.05) is 18.1 Å². The second-order valence-electron chi connectivity index (χ2n) is 6.54. The average Bonchev–Trinajstić information content (AvgIpc) is 3.06. The number of carbonyl (C=O) groups is 2. The van der Waals surface area contributed by atoms with Gasteiger partial charge in [0.25, 0.3) is 5.91 Å². The quantitative estimate of drug-likeness (QED) is 0.775. The van der Waals surface area contributed by atoms with Crippen LogP contribution in [0.25, 0.3) is 0 Å². The summed E-state index contributed by atoms with van der Waals surface area (Å²) in [6.07, 6.45) is -0.0321.